The second kappa shape index (κ2) is 5.46. The largest absolute Gasteiger partial charge is 0.323 e. The van der Waals surface area contributed by atoms with Crippen molar-refractivity contribution in [2.45, 2.75) is 19.8 Å². The number of hydrogen-bond acceptors (Lipinski definition) is 6. The molecule has 0 aliphatic rings. The predicted octanol–water partition coefficient (Wildman–Crippen LogP) is 1.19. The van der Waals surface area contributed by atoms with Crippen LogP contribution < -0.4 is 16.6 Å². The molecule has 0 saturated heterocycles. The SMILES string of the molecule is CCCc1nc(NN)cc(Nc2ccn(C)n2)n1. The average molecular weight is 247 g/mol. The Bertz CT molecular complexity index is 520. The van der Waals surface area contributed by atoms with Crippen LogP contribution in [-0.2, 0) is 13.5 Å². The fraction of sp³-hybridized carbons (Fsp3) is 0.364. The maximum absolute atomic E-state index is 5.39. The fourth-order valence-corrected chi connectivity index (χ4v) is 1.58. The summed E-state index contributed by atoms with van der Waals surface area (Å²) in [5.41, 5.74) is 2.54. The van der Waals surface area contributed by atoms with E-state index in [-0.39, 0.29) is 0 Å². The summed E-state index contributed by atoms with van der Waals surface area (Å²) in [4.78, 5) is 8.68. The second-order valence-electron chi connectivity index (χ2n) is 3.95. The first-order valence-corrected chi connectivity index (χ1v) is 5.82. The minimum absolute atomic E-state index is 0.590. The van der Waals surface area contributed by atoms with Gasteiger partial charge >= 0.3 is 0 Å². The Kier molecular flexibility index (Phi) is 3.73. The number of nitrogens with zero attached hydrogens (tertiary/aromatic N) is 4. The minimum atomic E-state index is 0.590. The Hall–Kier alpha value is -2.15. The van der Waals surface area contributed by atoms with E-state index in [1.165, 1.54) is 0 Å². The zero-order chi connectivity index (χ0) is 13.0. The van der Waals surface area contributed by atoms with E-state index in [4.69, 9.17) is 5.84 Å². The second-order valence-corrected chi connectivity index (χ2v) is 3.95. The summed E-state index contributed by atoms with van der Waals surface area (Å²) in [6.07, 6.45) is 3.65. The van der Waals surface area contributed by atoms with E-state index >= 15 is 0 Å². The van der Waals surface area contributed by atoms with Gasteiger partial charge in [-0.3, -0.25) is 4.68 Å². The van der Waals surface area contributed by atoms with Gasteiger partial charge < -0.3 is 10.7 Å². The van der Waals surface area contributed by atoms with Crippen LogP contribution in [0, 0.1) is 0 Å². The number of nitrogen functional groups attached to an aromatic ring is 1. The molecular weight excluding hydrogens is 230 g/mol. The van der Waals surface area contributed by atoms with Crippen molar-refractivity contribution in [3.05, 3.63) is 24.2 Å². The van der Waals surface area contributed by atoms with Gasteiger partial charge in [-0.05, 0) is 6.42 Å². The maximum atomic E-state index is 5.39. The first-order valence-electron chi connectivity index (χ1n) is 5.82. The van der Waals surface area contributed by atoms with E-state index in [1.807, 2.05) is 19.3 Å². The standard InChI is InChI=1S/C11H17N7/c1-3-4-8-13-10(7-11(14-8)16-12)15-9-5-6-18(2)17-9/h5-7H,3-4,12H2,1-2H3,(H2,13,14,15,16,17). The topological polar surface area (TPSA) is 93.7 Å². The third kappa shape index (κ3) is 2.95. The van der Waals surface area contributed by atoms with Gasteiger partial charge in [-0.25, -0.2) is 15.8 Å². The van der Waals surface area contributed by atoms with E-state index < -0.39 is 0 Å². The lowest BCUT2D eigenvalue weighted by molar-refractivity contribution is 0.770. The van der Waals surface area contributed by atoms with Gasteiger partial charge in [0.2, 0.25) is 0 Å². The van der Waals surface area contributed by atoms with E-state index in [0.717, 1.165) is 24.5 Å². The maximum Gasteiger partial charge on any atom is 0.153 e. The summed E-state index contributed by atoms with van der Waals surface area (Å²) >= 11 is 0. The van der Waals surface area contributed by atoms with Gasteiger partial charge in [0.15, 0.2) is 5.82 Å². The number of aromatic nitrogens is 4. The third-order valence-corrected chi connectivity index (χ3v) is 2.36. The van der Waals surface area contributed by atoms with Crippen molar-refractivity contribution in [2.75, 3.05) is 10.7 Å². The molecule has 18 heavy (non-hydrogen) atoms. The Morgan fingerprint density at radius 3 is 2.67 bits per heavy atom. The van der Waals surface area contributed by atoms with E-state index in [9.17, 15) is 0 Å². The summed E-state index contributed by atoms with van der Waals surface area (Å²) in [5, 5.41) is 7.35. The van der Waals surface area contributed by atoms with Gasteiger partial charge in [0.25, 0.3) is 0 Å². The van der Waals surface area contributed by atoms with Crippen LogP contribution in [0.2, 0.25) is 0 Å². The minimum Gasteiger partial charge on any atom is -0.323 e. The van der Waals surface area contributed by atoms with Gasteiger partial charge in [-0.1, -0.05) is 6.92 Å². The van der Waals surface area contributed by atoms with Crippen molar-refractivity contribution in [2.24, 2.45) is 12.9 Å². The van der Waals surface area contributed by atoms with Crippen molar-refractivity contribution in [3.8, 4) is 0 Å². The first kappa shape index (κ1) is 12.3. The van der Waals surface area contributed by atoms with Crippen LogP contribution in [0.4, 0.5) is 17.5 Å². The molecule has 7 heteroatoms. The van der Waals surface area contributed by atoms with Crippen molar-refractivity contribution in [3.63, 3.8) is 0 Å². The summed E-state index contributed by atoms with van der Waals surface area (Å²) in [5.74, 6) is 8.16. The predicted molar refractivity (Wildman–Crippen MR) is 70.3 cm³/mol. The van der Waals surface area contributed by atoms with Crippen LogP contribution in [-0.4, -0.2) is 19.7 Å². The molecule has 7 nitrogen and oxygen atoms in total. The van der Waals surface area contributed by atoms with Crippen LogP contribution in [0.5, 0.6) is 0 Å². The molecular formula is C11H17N7. The molecule has 2 rings (SSSR count). The van der Waals surface area contributed by atoms with Gasteiger partial charge in [0, 0.05) is 31.8 Å². The van der Waals surface area contributed by atoms with Crippen molar-refractivity contribution < 1.29 is 0 Å². The van der Waals surface area contributed by atoms with Crippen LogP contribution in [0.25, 0.3) is 0 Å². The molecule has 2 heterocycles. The molecule has 2 aromatic heterocycles. The highest BCUT2D eigenvalue weighted by Crippen LogP contribution is 2.15. The molecule has 0 aliphatic heterocycles. The van der Waals surface area contributed by atoms with Gasteiger partial charge in [0.05, 0.1) is 0 Å². The summed E-state index contributed by atoms with van der Waals surface area (Å²) in [6, 6.07) is 3.62. The number of nitrogens with one attached hydrogen (secondary N) is 2. The lowest BCUT2D eigenvalue weighted by Crippen LogP contribution is -2.11. The van der Waals surface area contributed by atoms with Crippen molar-refractivity contribution >= 4 is 17.5 Å². The smallest absolute Gasteiger partial charge is 0.153 e. The van der Waals surface area contributed by atoms with E-state index in [0.29, 0.717) is 11.6 Å². The van der Waals surface area contributed by atoms with Crippen molar-refractivity contribution in [1.82, 2.24) is 19.7 Å². The number of hydrogen-bond donors (Lipinski definition) is 3. The zero-order valence-corrected chi connectivity index (χ0v) is 10.5. The average Bonchev–Trinajstić information content (AvgIpc) is 2.75. The van der Waals surface area contributed by atoms with Crippen LogP contribution >= 0.6 is 0 Å². The molecule has 96 valence electrons. The van der Waals surface area contributed by atoms with Crippen LogP contribution in [0.15, 0.2) is 18.3 Å². The molecule has 0 spiro atoms. The fourth-order valence-electron chi connectivity index (χ4n) is 1.58. The normalized spacial score (nSPS) is 10.4. The number of nitrogens with two attached hydrogens (primary N) is 1. The molecule has 0 saturated carbocycles. The molecule has 0 aliphatic carbocycles. The quantitative estimate of drug-likeness (QED) is 0.543. The lowest BCUT2D eigenvalue weighted by atomic mass is 10.3. The molecule has 0 bridgehead atoms. The summed E-state index contributed by atoms with van der Waals surface area (Å²) < 4.78 is 1.72. The first-order chi connectivity index (χ1) is 8.71. The lowest BCUT2D eigenvalue weighted by Gasteiger charge is -2.07. The molecule has 0 unspecified atom stereocenters. The van der Waals surface area contributed by atoms with E-state index in [1.54, 1.807) is 10.7 Å². The van der Waals surface area contributed by atoms with Crippen LogP contribution in [0.1, 0.15) is 19.2 Å². The molecule has 0 radical (unpaired) electrons. The highest BCUT2D eigenvalue weighted by atomic mass is 15.3. The number of aryl methyl sites for hydroxylation is 2. The zero-order valence-electron chi connectivity index (χ0n) is 10.5. The Labute approximate surface area is 105 Å². The monoisotopic (exact) mass is 247 g/mol. The van der Waals surface area contributed by atoms with E-state index in [2.05, 4.69) is 32.7 Å². The number of hydrazine groups is 1. The number of rotatable bonds is 5. The molecule has 0 atom stereocenters. The number of anilines is 3. The molecule has 2 aromatic rings. The molecule has 0 amide bonds. The Morgan fingerprint density at radius 1 is 1.28 bits per heavy atom. The molecule has 0 fully saturated rings. The van der Waals surface area contributed by atoms with Crippen molar-refractivity contribution in [1.29, 1.82) is 0 Å². The van der Waals surface area contributed by atoms with Gasteiger partial charge in [0.1, 0.15) is 17.5 Å². The summed E-state index contributed by atoms with van der Waals surface area (Å²) in [7, 11) is 1.86. The highest BCUT2D eigenvalue weighted by molar-refractivity contribution is 5.55. The summed E-state index contributed by atoms with van der Waals surface area (Å²) in [6.45, 7) is 2.08. The van der Waals surface area contributed by atoms with Gasteiger partial charge in [-0.15, -0.1) is 0 Å². The third-order valence-electron chi connectivity index (χ3n) is 2.36. The highest BCUT2D eigenvalue weighted by Gasteiger charge is 2.05. The Morgan fingerprint density at radius 2 is 2.06 bits per heavy atom. The van der Waals surface area contributed by atoms with Crippen LogP contribution in [0.3, 0.4) is 0 Å². The van der Waals surface area contributed by atoms with Gasteiger partial charge in [-0.2, -0.15) is 5.10 Å². The Balaban J connectivity index is 2.23. The molecule has 0 aromatic carbocycles. The molecule has 4 N–H and O–H groups in total.